The maximum atomic E-state index is 13.1. The molecule has 0 aliphatic carbocycles. The number of ether oxygens (including phenoxy) is 1. The first-order chi connectivity index (χ1) is 13.8. The smallest absolute Gasteiger partial charge is 0.297 e. The van der Waals surface area contributed by atoms with Gasteiger partial charge < -0.3 is 9.64 Å². The van der Waals surface area contributed by atoms with Crippen molar-refractivity contribution >= 4 is 26.6 Å². The molecule has 1 aromatic heterocycles. The average molecular weight is 421 g/mol. The summed E-state index contributed by atoms with van der Waals surface area (Å²) >= 11 is 0. The fourth-order valence-corrected chi connectivity index (χ4v) is 3.48. The van der Waals surface area contributed by atoms with E-state index in [1.54, 1.807) is 42.3 Å². The molecule has 0 aliphatic heterocycles. The molecule has 0 fully saturated rings. The molecule has 0 radical (unpaired) electrons. The van der Waals surface area contributed by atoms with Crippen molar-refractivity contribution in [1.29, 1.82) is 0 Å². The molecule has 0 aliphatic rings. The average Bonchev–Trinajstić information content (AvgIpc) is 2.69. The van der Waals surface area contributed by atoms with E-state index in [4.69, 9.17) is 4.74 Å². The van der Waals surface area contributed by atoms with Gasteiger partial charge in [0, 0.05) is 25.2 Å². The normalized spacial score (nSPS) is 11.8. The van der Waals surface area contributed by atoms with Crippen LogP contribution >= 0.6 is 0 Å². The highest BCUT2D eigenvalue weighted by Gasteiger charge is 2.17. The maximum absolute atomic E-state index is 13.1. The number of hydrogen-bond donors (Lipinski definition) is 0. The Morgan fingerprint density at radius 2 is 1.76 bits per heavy atom. The van der Waals surface area contributed by atoms with E-state index in [9.17, 15) is 17.2 Å². The summed E-state index contributed by atoms with van der Waals surface area (Å²) in [5, 5.41) is 0.705. The first-order valence-corrected chi connectivity index (χ1v) is 10.8. The standard InChI is InChI=1S/C20H21F2N3O3S/c1-25(12-5-13-28-14-8-10-15(11-9-14)29(2,26)27)20-16-6-3-4-7-17(16)23-19(24-20)18(21)22/h3-4,6-11,18H,5,12-13H2,1-2H3. The van der Waals surface area contributed by atoms with Gasteiger partial charge in [-0.15, -0.1) is 0 Å². The molecule has 3 rings (SSSR count). The quantitative estimate of drug-likeness (QED) is 0.514. The molecule has 0 spiro atoms. The van der Waals surface area contributed by atoms with Crippen molar-refractivity contribution in [2.24, 2.45) is 0 Å². The third kappa shape index (κ3) is 5.17. The topological polar surface area (TPSA) is 72.4 Å². The van der Waals surface area contributed by atoms with Crippen molar-refractivity contribution in [2.45, 2.75) is 17.7 Å². The van der Waals surface area contributed by atoms with Crippen LogP contribution in [0.4, 0.5) is 14.6 Å². The van der Waals surface area contributed by atoms with E-state index in [1.165, 1.54) is 12.1 Å². The molecule has 0 atom stereocenters. The largest absolute Gasteiger partial charge is 0.494 e. The van der Waals surface area contributed by atoms with Crippen molar-refractivity contribution in [3.8, 4) is 5.75 Å². The summed E-state index contributed by atoms with van der Waals surface area (Å²) < 4.78 is 54.8. The number of halogens is 2. The molecule has 29 heavy (non-hydrogen) atoms. The highest BCUT2D eigenvalue weighted by molar-refractivity contribution is 7.90. The van der Waals surface area contributed by atoms with Gasteiger partial charge in [-0.25, -0.2) is 27.2 Å². The minimum absolute atomic E-state index is 0.232. The molecule has 0 amide bonds. The van der Waals surface area contributed by atoms with Gasteiger partial charge in [-0.3, -0.25) is 0 Å². The van der Waals surface area contributed by atoms with E-state index in [2.05, 4.69) is 9.97 Å². The molecule has 2 aromatic carbocycles. The Balaban J connectivity index is 1.63. The van der Waals surface area contributed by atoms with Crippen molar-refractivity contribution in [2.75, 3.05) is 31.4 Å². The van der Waals surface area contributed by atoms with E-state index in [0.717, 1.165) is 6.26 Å². The van der Waals surface area contributed by atoms with Crippen LogP contribution in [0.3, 0.4) is 0 Å². The third-order valence-corrected chi connectivity index (χ3v) is 5.44. The lowest BCUT2D eigenvalue weighted by atomic mass is 10.2. The second-order valence-electron chi connectivity index (χ2n) is 6.59. The molecule has 0 N–H and O–H groups in total. The fraction of sp³-hybridized carbons (Fsp3) is 0.300. The van der Waals surface area contributed by atoms with Crippen LogP contribution in [0.5, 0.6) is 5.75 Å². The van der Waals surface area contributed by atoms with Gasteiger partial charge in [0.1, 0.15) is 11.6 Å². The van der Waals surface area contributed by atoms with Crippen LogP contribution in [-0.2, 0) is 9.84 Å². The van der Waals surface area contributed by atoms with Crippen LogP contribution in [-0.4, -0.2) is 44.8 Å². The highest BCUT2D eigenvalue weighted by Crippen LogP contribution is 2.26. The number of sulfone groups is 1. The number of nitrogens with zero attached hydrogens (tertiary/aromatic N) is 3. The zero-order chi connectivity index (χ0) is 21.0. The molecule has 0 saturated heterocycles. The molecule has 6 nitrogen and oxygen atoms in total. The third-order valence-electron chi connectivity index (χ3n) is 4.32. The SMILES string of the molecule is CN(CCCOc1ccc(S(C)(=O)=O)cc1)c1nc(C(F)F)nc2ccccc12. The minimum atomic E-state index is -3.24. The summed E-state index contributed by atoms with van der Waals surface area (Å²) in [7, 11) is -1.46. The Morgan fingerprint density at radius 3 is 2.41 bits per heavy atom. The summed E-state index contributed by atoms with van der Waals surface area (Å²) in [5.74, 6) is 0.517. The lowest BCUT2D eigenvalue weighted by molar-refractivity contribution is 0.141. The summed E-state index contributed by atoms with van der Waals surface area (Å²) in [5.41, 5.74) is 0.474. The van der Waals surface area contributed by atoms with E-state index < -0.39 is 22.1 Å². The molecule has 154 valence electrons. The van der Waals surface area contributed by atoms with Gasteiger partial charge in [-0.1, -0.05) is 12.1 Å². The number of rotatable bonds is 8. The van der Waals surface area contributed by atoms with E-state index in [1.807, 2.05) is 6.07 Å². The first kappa shape index (κ1) is 20.9. The highest BCUT2D eigenvalue weighted by atomic mass is 32.2. The van der Waals surface area contributed by atoms with E-state index in [0.29, 0.717) is 42.0 Å². The van der Waals surface area contributed by atoms with Crippen LogP contribution in [0.1, 0.15) is 18.7 Å². The summed E-state index contributed by atoms with van der Waals surface area (Å²) in [6.07, 6.45) is -0.980. The zero-order valence-electron chi connectivity index (χ0n) is 16.0. The second kappa shape index (κ2) is 8.69. The Hall–Kier alpha value is -2.81. The predicted octanol–water partition coefficient (Wildman–Crippen LogP) is 3.88. The summed E-state index contributed by atoms with van der Waals surface area (Å²) in [6, 6.07) is 13.2. The number of alkyl halides is 2. The zero-order valence-corrected chi connectivity index (χ0v) is 16.9. The number of hydrogen-bond acceptors (Lipinski definition) is 6. The van der Waals surface area contributed by atoms with Crippen LogP contribution in [0.25, 0.3) is 10.9 Å². The maximum Gasteiger partial charge on any atom is 0.297 e. The van der Waals surface area contributed by atoms with Gasteiger partial charge in [-0.2, -0.15) is 0 Å². The summed E-state index contributed by atoms with van der Waals surface area (Å²) in [4.78, 5) is 9.99. The number of anilines is 1. The van der Waals surface area contributed by atoms with Crippen LogP contribution < -0.4 is 9.64 Å². The van der Waals surface area contributed by atoms with Gasteiger partial charge >= 0.3 is 0 Å². The number of benzene rings is 2. The Kier molecular flexibility index (Phi) is 6.26. The molecule has 1 heterocycles. The van der Waals surface area contributed by atoms with Crippen LogP contribution in [0.15, 0.2) is 53.4 Å². The summed E-state index contributed by atoms with van der Waals surface area (Å²) in [6.45, 7) is 0.915. The van der Waals surface area contributed by atoms with Crippen molar-refractivity contribution in [3.05, 3.63) is 54.4 Å². The van der Waals surface area contributed by atoms with Gasteiger partial charge in [0.2, 0.25) is 0 Å². The van der Waals surface area contributed by atoms with Crippen molar-refractivity contribution in [3.63, 3.8) is 0 Å². The molecule has 9 heteroatoms. The fourth-order valence-electron chi connectivity index (χ4n) is 2.85. The molecule has 3 aromatic rings. The molecule has 0 unspecified atom stereocenters. The number of para-hydroxylation sites is 1. The van der Waals surface area contributed by atoms with Gasteiger partial charge in [0.05, 0.1) is 17.0 Å². The molecule has 0 saturated carbocycles. The Bertz CT molecular complexity index is 1090. The van der Waals surface area contributed by atoms with Crippen molar-refractivity contribution < 1.29 is 21.9 Å². The Morgan fingerprint density at radius 1 is 1.07 bits per heavy atom. The predicted molar refractivity (Wildman–Crippen MR) is 107 cm³/mol. The molecular formula is C20H21F2N3O3S. The number of fused-ring (bicyclic) bond motifs is 1. The van der Waals surface area contributed by atoms with Gasteiger partial charge in [0.15, 0.2) is 15.7 Å². The van der Waals surface area contributed by atoms with Crippen molar-refractivity contribution in [1.82, 2.24) is 9.97 Å². The Labute approximate surface area is 168 Å². The van der Waals surface area contributed by atoms with Crippen LogP contribution in [0.2, 0.25) is 0 Å². The van der Waals surface area contributed by atoms with Crippen LogP contribution in [0, 0.1) is 0 Å². The first-order valence-electron chi connectivity index (χ1n) is 8.94. The second-order valence-corrected chi connectivity index (χ2v) is 8.61. The molecular weight excluding hydrogens is 400 g/mol. The lowest BCUT2D eigenvalue weighted by Gasteiger charge is -2.20. The lowest BCUT2D eigenvalue weighted by Crippen LogP contribution is -2.22. The number of aromatic nitrogens is 2. The van der Waals surface area contributed by atoms with Gasteiger partial charge in [-0.05, 0) is 42.8 Å². The minimum Gasteiger partial charge on any atom is -0.494 e. The van der Waals surface area contributed by atoms with E-state index in [-0.39, 0.29) is 4.90 Å². The van der Waals surface area contributed by atoms with Gasteiger partial charge in [0.25, 0.3) is 6.43 Å². The molecule has 0 bridgehead atoms. The van der Waals surface area contributed by atoms with E-state index >= 15 is 0 Å². The monoisotopic (exact) mass is 421 g/mol.